The van der Waals surface area contributed by atoms with E-state index in [0.29, 0.717) is 6.10 Å². The lowest BCUT2D eigenvalue weighted by atomic mass is 10.1. The first-order chi connectivity index (χ1) is 9.13. The Balaban J connectivity index is 1.62. The number of nitrogens with zero attached hydrogens (tertiary/aromatic N) is 1. The van der Waals surface area contributed by atoms with Crippen molar-refractivity contribution in [3.8, 4) is 5.75 Å². The molecule has 1 saturated carbocycles. The van der Waals surface area contributed by atoms with Gasteiger partial charge in [-0.3, -0.25) is 0 Å². The summed E-state index contributed by atoms with van der Waals surface area (Å²) in [5.41, 5.74) is 0.755. The number of likely N-dealkylation sites (tertiary alicyclic amines) is 1. The van der Waals surface area contributed by atoms with Crippen LogP contribution in [-0.4, -0.2) is 41.8 Å². The van der Waals surface area contributed by atoms with Gasteiger partial charge in [0.25, 0.3) is 0 Å². The van der Waals surface area contributed by atoms with Crippen LogP contribution in [0.15, 0.2) is 24.3 Å². The van der Waals surface area contributed by atoms with Crippen LogP contribution in [0.25, 0.3) is 0 Å². The van der Waals surface area contributed by atoms with Gasteiger partial charge < -0.3 is 14.7 Å². The second-order valence-corrected chi connectivity index (χ2v) is 6.19. The van der Waals surface area contributed by atoms with Crippen molar-refractivity contribution in [2.75, 3.05) is 20.1 Å². The number of hydrogen-bond acceptors (Lipinski definition) is 3. The average Bonchev–Trinajstić information content (AvgIpc) is 3.07. The van der Waals surface area contributed by atoms with Gasteiger partial charge in [-0.2, -0.15) is 0 Å². The van der Waals surface area contributed by atoms with E-state index in [-0.39, 0.29) is 0 Å². The fraction of sp³-hybridized carbons (Fsp3) is 0.625. The van der Waals surface area contributed by atoms with Gasteiger partial charge in [0.2, 0.25) is 0 Å². The molecule has 1 saturated heterocycles. The lowest BCUT2D eigenvalue weighted by Gasteiger charge is -2.30. The molecule has 1 aliphatic heterocycles. The van der Waals surface area contributed by atoms with E-state index in [1.807, 2.05) is 12.1 Å². The first kappa shape index (κ1) is 12.9. The third kappa shape index (κ3) is 3.48. The van der Waals surface area contributed by atoms with Crippen molar-refractivity contribution in [1.29, 1.82) is 0 Å². The van der Waals surface area contributed by atoms with Gasteiger partial charge >= 0.3 is 0 Å². The fourth-order valence-corrected chi connectivity index (χ4v) is 2.84. The molecule has 1 N–H and O–H groups in total. The van der Waals surface area contributed by atoms with Gasteiger partial charge in [-0.25, -0.2) is 0 Å². The summed E-state index contributed by atoms with van der Waals surface area (Å²) in [5, 5.41) is 9.98. The third-order valence-corrected chi connectivity index (χ3v) is 4.14. The molecule has 1 aromatic carbocycles. The van der Waals surface area contributed by atoms with Gasteiger partial charge in [0.1, 0.15) is 11.9 Å². The largest absolute Gasteiger partial charge is 0.489 e. The zero-order valence-corrected chi connectivity index (χ0v) is 11.6. The third-order valence-electron chi connectivity index (χ3n) is 4.14. The first-order valence-corrected chi connectivity index (χ1v) is 7.30. The Kier molecular flexibility index (Phi) is 3.50. The zero-order valence-electron chi connectivity index (χ0n) is 11.6. The molecule has 0 bridgehead atoms. The topological polar surface area (TPSA) is 32.7 Å². The Morgan fingerprint density at radius 3 is 3.00 bits per heavy atom. The summed E-state index contributed by atoms with van der Waals surface area (Å²) in [6.45, 7) is 2.18. The molecule has 1 atom stereocenters. The fourth-order valence-electron chi connectivity index (χ4n) is 2.84. The van der Waals surface area contributed by atoms with E-state index >= 15 is 0 Å². The highest BCUT2D eigenvalue weighted by Gasteiger charge is 2.40. The number of ether oxygens (including phenoxy) is 1. The van der Waals surface area contributed by atoms with Crippen molar-refractivity contribution in [1.82, 2.24) is 4.90 Å². The molecule has 1 aromatic rings. The van der Waals surface area contributed by atoms with Gasteiger partial charge in [0, 0.05) is 13.0 Å². The van der Waals surface area contributed by atoms with Crippen molar-refractivity contribution in [2.45, 2.75) is 43.8 Å². The van der Waals surface area contributed by atoms with E-state index in [1.54, 1.807) is 0 Å². The van der Waals surface area contributed by atoms with Crippen molar-refractivity contribution >= 4 is 0 Å². The number of likely N-dealkylation sites (N-methyl/N-ethyl adjacent to an activating group) is 1. The van der Waals surface area contributed by atoms with E-state index in [0.717, 1.165) is 38.0 Å². The maximum atomic E-state index is 9.98. The average molecular weight is 261 g/mol. The number of rotatable bonds is 4. The SMILES string of the molecule is CN1CCCC(Oc2cccc(CC3(O)CC3)c2)C1. The minimum atomic E-state index is -0.427. The van der Waals surface area contributed by atoms with Crippen LogP contribution in [0.3, 0.4) is 0 Å². The van der Waals surface area contributed by atoms with Gasteiger partial charge in [-0.1, -0.05) is 12.1 Å². The second kappa shape index (κ2) is 5.14. The Morgan fingerprint density at radius 2 is 2.26 bits per heavy atom. The van der Waals surface area contributed by atoms with Crippen molar-refractivity contribution in [3.63, 3.8) is 0 Å². The van der Waals surface area contributed by atoms with Crippen molar-refractivity contribution < 1.29 is 9.84 Å². The molecular weight excluding hydrogens is 238 g/mol. The number of hydrogen-bond donors (Lipinski definition) is 1. The summed E-state index contributed by atoms with van der Waals surface area (Å²) in [6.07, 6.45) is 5.28. The molecule has 0 amide bonds. The number of aliphatic hydroxyl groups is 1. The predicted octanol–water partition coefficient (Wildman–Crippen LogP) is 2.23. The van der Waals surface area contributed by atoms with E-state index in [9.17, 15) is 5.11 Å². The zero-order chi connectivity index (χ0) is 13.3. The maximum absolute atomic E-state index is 9.98. The lowest BCUT2D eigenvalue weighted by Crippen LogP contribution is -2.38. The van der Waals surface area contributed by atoms with Crippen LogP contribution in [0.4, 0.5) is 0 Å². The van der Waals surface area contributed by atoms with Crippen LogP contribution in [0.2, 0.25) is 0 Å². The van der Waals surface area contributed by atoms with Crippen LogP contribution >= 0.6 is 0 Å². The summed E-state index contributed by atoms with van der Waals surface area (Å²) >= 11 is 0. The standard InChI is InChI=1S/C16H23NO2/c1-17-9-3-6-15(12-17)19-14-5-2-4-13(10-14)11-16(18)7-8-16/h2,4-5,10,15,18H,3,6-9,11-12H2,1H3. The molecule has 0 spiro atoms. The molecule has 1 unspecified atom stereocenters. The molecule has 3 rings (SSSR count). The Labute approximate surface area is 115 Å². The molecule has 2 fully saturated rings. The highest BCUT2D eigenvalue weighted by molar-refractivity contribution is 5.30. The first-order valence-electron chi connectivity index (χ1n) is 7.30. The maximum Gasteiger partial charge on any atom is 0.120 e. The van der Waals surface area contributed by atoms with Gasteiger partial charge in [0.05, 0.1) is 5.60 Å². The van der Waals surface area contributed by atoms with E-state index in [4.69, 9.17) is 4.74 Å². The molecule has 1 heterocycles. The minimum Gasteiger partial charge on any atom is -0.489 e. The quantitative estimate of drug-likeness (QED) is 0.902. The molecule has 2 aliphatic rings. The van der Waals surface area contributed by atoms with Crippen LogP contribution in [-0.2, 0) is 6.42 Å². The van der Waals surface area contributed by atoms with Crippen LogP contribution in [0.1, 0.15) is 31.2 Å². The molecule has 0 aromatic heterocycles. The number of benzene rings is 1. The molecule has 3 nitrogen and oxygen atoms in total. The summed E-state index contributed by atoms with van der Waals surface area (Å²) in [7, 11) is 2.15. The highest BCUT2D eigenvalue weighted by Crippen LogP contribution is 2.38. The molecule has 19 heavy (non-hydrogen) atoms. The Hall–Kier alpha value is -1.06. The number of piperidine rings is 1. The van der Waals surface area contributed by atoms with Crippen LogP contribution < -0.4 is 4.74 Å². The molecular formula is C16H23NO2. The van der Waals surface area contributed by atoms with Gasteiger partial charge in [-0.15, -0.1) is 0 Å². The summed E-state index contributed by atoms with van der Waals surface area (Å²) in [5.74, 6) is 0.946. The molecule has 0 radical (unpaired) electrons. The summed E-state index contributed by atoms with van der Waals surface area (Å²) < 4.78 is 6.08. The van der Waals surface area contributed by atoms with Crippen molar-refractivity contribution in [3.05, 3.63) is 29.8 Å². The molecule has 104 valence electrons. The van der Waals surface area contributed by atoms with Gasteiger partial charge in [-0.05, 0) is 57.0 Å². The normalized spacial score (nSPS) is 26.1. The van der Waals surface area contributed by atoms with E-state index < -0.39 is 5.60 Å². The predicted molar refractivity (Wildman–Crippen MR) is 75.5 cm³/mol. The Morgan fingerprint density at radius 1 is 1.42 bits per heavy atom. The van der Waals surface area contributed by atoms with Gasteiger partial charge in [0.15, 0.2) is 0 Å². The molecule has 1 aliphatic carbocycles. The smallest absolute Gasteiger partial charge is 0.120 e. The monoisotopic (exact) mass is 261 g/mol. The van der Waals surface area contributed by atoms with Crippen molar-refractivity contribution in [2.24, 2.45) is 0 Å². The summed E-state index contributed by atoms with van der Waals surface area (Å²) in [4.78, 5) is 2.32. The Bertz CT molecular complexity index is 442. The van der Waals surface area contributed by atoms with E-state index in [2.05, 4.69) is 24.1 Å². The van der Waals surface area contributed by atoms with E-state index in [1.165, 1.54) is 18.5 Å². The van der Waals surface area contributed by atoms with Crippen LogP contribution in [0.5, 0.6) is 5.75 Å². The van der Waals surface area contributed by atoms with Crippen LogP contribution in [0, 0.1) is 0 Å². The lowest BCUT2D eigenvalue weighted by molar-refractivity contribution is 0.104. The highest BCUT2D eigenvalue weighted by atomic mass is 16.5. The molecule has 3 heteroatoms. The second-order valence-electron chi connectivity index (χ2n) is 6.19. The summed E-state index contributed by atoms with van der Waals surface area (Å²) in [6, 6.07) is 8.22. The minimum absolute atomic E-state index is 0.304.